The molecule has 1 saturated carbocycles. The molecule has 31 heavy (non-hydrogen) atoms. The Hall–Kier alpha value is -2.83. The van der Waals surface area contributed by atoms with E-state index in [1.165, 1.54) is 6.39 Å². The Bertz CT molecular complexity index is 932. The molecule has 2 fully saturated rings. The third-order valence-corrected chi connectivity index (χ3v) is 5.82. The monoisotopic (exact) mass is 425 g/mol. The van der Waals surface area contributed by atoms with Gasteiger partial charge >= 0.3 is 6.09 Å². The van der Waals surface area contributed by atoms with E-state index < -0.39 is 5.60 Å². The molecule has 7 nitrogen and oxygen atoms in total. The number of amides is 2. The molecule has 7 heteroatoms. The summed E-state index contributed by atoms with van der Waals surface area (Å²) in [5, 5.41) is 0. The van der Waals surface area contributed by atoms with Crippen molar-refractivity contribution in [2.75, 3.05) is 13.1 Å². The minimum Gasteiger partial charge on any atom is -0.444 e. The molecule has 166 valence electrons. The Kier molecular flexibility index (Phi) is 5.77. The zero-order valence-electron chi connectivity index (χ0n) is 18.8. The van der Waals surface area contributed by atoms with E-state index in [4.69, 9.17) is 9.15 Å². The lowest BCUT2D eigenvalue weighted by Crippen LogP contribution is -2.50. The molecule has 2 aromatic rings. The molecule has 0 spiro atoms. The summed E-state index contributed by atoms with van der Waals surface area (Å²) >= 11 is 0. The Morgan fingerprint density at radius 1 is 1.06 bits per heavy atom. The molecule has 1 aliphatic heterocycles. The van der Waals surface area contributed by atoms with Gasteiger partial charge in [-0.2, -0.15) is 0 Å². The summed E-state index contributed by atoms with van der Waals surface area (Å²) in [6, 6.07) is 8.01. The van der Waals surface area contributed by atoms with Crippen molar-refractivity contribution >= 4 is 12.0 Å². The Balaban J connectivity index is 1.42. The molecule has 1 aromatic carbocycles. The summed E-state index contributed by atoms with van der Waals surface area (Å²) in [6.07, 6.45) is 4.81. The lowest BCUT2D eigenvalue weighted by Gasteiger charge is -2.39. The van der Waals surface area contributed by atoms with E-state index in [0.717, 1.165) is 42.7 Å². The predicted molar refractivity (Wildman–Crippen MR) is 117 cm³/mol. The van der Waals surface area contributed by atoms with Gasteiger partial charge in [-0.3, -0.25) is 4.79 Å². The number of nitrogens with zero attached hydrogens (tertiary/aromatic N) is 3. The number of aromatic nitrogens is 1. The maximum absolute atomic E-state index is 13.4. The normalized spacial score (nSPS) is 17.5. The van der Waals surface area contributed by atoms with Gasteiger partial charge in [0.05, 0.1) is 5.69 Å². The highest BCUT2D eigenvalue weighted by Gasteiger charge is 2.39. The van der Waals surface area contributed by atoms with Crippen LogP contribution in [0.25, 0.3) is 11.3 Å². The molecular weight excluding hydrogens is 394 g/mol. The first kappa shape index (κ1) is 21.4. The van der Waals surface area contributed by atoms with Crippen molar-refractivity contribution < 1.29 is 18.7 Å². The molecule has 2 amide bonds. The number of oxazole rings is 1. The molecule has 4 rings (SSSR count). The van der Waals surface area contributed by atoms with Gasteiger partial charge in [-0.25, -0.2) is 9.78 Å². The van der Waals surface area contributed by atoms with Gasteiger partial charge in [0.2, 0.25) is 0 Å². The van der Waals surface area contributed by atoms with Gasteiger partial charge in [-0.05, 0) is 65.5 Å². The molecule has 1 aliphatic carbocycles. The van der Waals surface area contributed by atoms with Crippen LogP contribution in [-0.2, 0) is 4.74 Å². The number of likely N-dealkylation sites (tertiary alicyclic amines) is 1. The maximum atomic E-state index is 13.4. The van der Waals surface area contributed by atoms with Crippen molar-refractivity contribution in [3.05, 3.63) is 41.9 Å². The Morgan fingerprint density at radius 3 is 2.19 bits per heavy atom. The Labute approximate surface area is 183 Å². The average molecular weight is 426 g/mol. The SMILES string of the molecule is Cc1ncoc1-c1ccc(C(=O)N(C2CC2)C2CCN(C(=O)OC(C)(C)C)CC2)cc1. The lowest BCUT2D eigenvalue weighted by atomic mass is 10.0. The van der Waals surface area contributed by atoms with Gasteiger partial charge in [0, 0.05) is 36.3 Å². The van der Waals surface area contributed by atoms with E-state index in [1.54, 1.807) is 4.90 Å². The number of carbonyl (C=O) groups excluding carboxylic acids is 2. The molecule has 0 atom stereocenters. The van der Waals surface area contributed by atoms with Crippen molar-refractivity contribution in [2.24, 2.45) is 0 Å². The standard InChI is InChI=1S/C24H31N3O4/c1-16-21(30-15-25-16)17-5-7-18(8-6-17)22(28)27(19-9-10-19)20-11-13-26(14-12-20)23(29)31-24(2,3)4/h5-8,15,19-20H,9-14H2,1-4H3. The summed E-state index contributed by atoms with van der Waals surface area (Å²) in [5.74, 6) is 0.798. The van der Waals surface area contributed by atoms with Crippen LogP contribution in [0.3, 0.4) is 0 Å². The van der Waals surface area contributed by atoms with Crippen LogP contribution in [0.5, 0.6) is 0 Å². The van der Waals surface area contributed by atoms with E-state index in [9.17, 15) is 9.59 Å². The highest BCUT2D eigenvalue weighted by molar-refractivity contribution is 5.95. The summed E-state index contributed by atoms with van der Waals surface area (Å²) in [7, 11) is 0. The second kappa shape index (κ2) is 8.36. The first-order chi connectivity index (χ1) is 14.7. The van der Waals surface area contributed by atoms with Crippen LogP contribution in [0.2, 0.25) is 0 Å². The van der Waals surface area contributed by atoms with Crippen molar-refractivity contribution in [3.8, 4) is 11.3 Å². The van der Waals surface area contributed by atoms with Gasteiger partial charge in [0.25, 0.3) is 5.91 Å². The number of piperidine rings is 1. The molecule has 1 aromatic heterocycles. The zero-order valence-corrected chi connectivity index (χ0v) is 18.8. The summed E-state index contributed by atoms with van der Waals surface area (Å²) in [5.41, 5.74) is 1.92. The third-order valence-electron chi connectivity index (χ3n) is 5.82. The smallest absolute Gasteiger partial charge is 0.410 e. The minimum absolute atomic E-state index is 0.0686. The maximum Gasteiger partial charge on any atom is 0.410 e. The molecule has 1 saturated heterocycles. The number of rotatable bonds is 4. The second-order valence-electron chi connectivity index (χ2n) is 9.49. The number of benzene rings is 1. The third kappa shape index (κ3) is 4.92. The average Bonchev–Trinajstić information content (AvgIpc) is 3.47. The van der Waals surface area contributed by atoms with Gasteiger partial charge < -0.3 is 19.0 Å². The van der Waals surface area contributed by atoms with E-state index in [1.807, 2.05) is 52.0 Å². The number of carbonyl (C=O) groups is 2. The molecule has 0 unspecified atom stereocenters. The largest absolute Gasteiger partial charge is 0.444 e. The van der Waals surface area contributed by atoms with Crippen LogP contribution < -0.4 is 0 Å². The summed E-state index contributed by atoms with van der Waals surface area (Å²) in [6.45, 7) is 8.75. The lowest BCUT2D eigenvalue weighted by molar-refractivity contribution is 0.0142. The van der Waals surface area contributed by atoms with E-state index in [-0.39, 0.29) is 18.0 Å². The van der Waals surface area contributed by atoms with Gasteiger partial charge in [0.1, 0.15) is 5.60 Å². The van der Waals surface area contributed by atoms with Crippen LogP contribution in [0.4, 0.5) is 4.79 Å². The summed E-state index contributed by atoms with van der Waals surface area (Å²) in [4.78, 5) is 33.7. The predicted octanol–water partition coefficient (Wildman–Crippen LogP) is 4.65. The van der Waals surface area contributed by atoms with Crippen LogP contribution in [0, 0.1) is 6.92 Å². The minimum atomic E-state index is -0.500. The molecule has 2 aliphatic rings. The van der Waals surface area contributed by atoms with Crippen molar-refractivity contribution in [1.29, 1.82) is 0 Å². The molecule has 0 radical (unpaired) electrons. The van der Waals surface area contributed by atoms with Crippen LogP contribution in [0.1, 0.15) is 62.5 Å². The number of hydrogen-bond acceptors (Lipinski definition) is 5. The highest BCUT2D eigenvalue weighted by atomic mass is 16.6. The van der Waals surface area contributed by atoms with E-state index in [2.05, 4.69) is 9.88 Å². The fourth-order valence-corrected chi connectivity index (χ4v) is 4.13. The first-order valence-corrected chi connectivity index (χ1v) is 11.0. The first-order valence-electron chi connectivity index (χ1n) is 11.0. The van der Waals surface area contributed by atoms with Crippen molar-refractivity contribution in [3.63, 3.8) is 0 Å². The van der Waals surface area contributed by atoms with Gasteiger partial charge in [-0.1, -0.05) is 12.1 Å². The molecule has 0 N–H and O–H groups in total. The fraction of sp³-hybridized carbons (Fsp3) is 0.542. The topological polar surface area (TPSA) is 75.9 Å². The zero-order chi connectivity index (χ0) is 22.2. The highest BCUT2D eigenvalue weighted by Crippen LogP contribution is 2.34. The van der Waals surface area contributed by atoms with Crippen LogP contribution in [-0.4, -0.2) is 57.6 Å². The second-order valence-corrected chi connectivity index (χ2v) is 9.49. The number of hydrogen-bond donors (Lipinski definition) is 0. The van der Waals surface area contributed by atoms with Crippen molar-refractivity contribution in [2.45, 2.75) is 71.1 Å². The Morgan fingerprint density at radius 2 is 1.68 bits per heavy atom. The quantitative estimate of drug-likeness (QED) is 0.712. The summed E-state index contributed by atoms with van der Waals surface area (Å²) < 4.78 is 10.9. The molecule has 0 bridgehead atoms. The molecular formula is C24H31N3O4. The molecule has 2 heterocycles. The fourth-order valence-electron chi connectivity index (χ4n) is 4.13. The van der Waals surface area contributed by atoms with Crippen LogP contribution >= 0.6 is 0 Å². The number of aryl methyl sites for hydroxylation is 1. The number of ether oxygens (including phenoxy) is 1. The van der Waals surface area contributed by atoms with Gasteiger partial charge in [-0.15, -0.1) is 0 Å². The van der Waals surface area contributed by atoms with Crippen molar-refractivity contribution in [1.82, 2.24) is 14.8 Å². The van der Waals surface area contributed by atoms with Gasteiger partial charge in [0.15, 0.2) is 12.2 Å². The van der Waals surface area contributed by atoms with E-state index in [0.29, 0.717) is 24.7 Å². The van der Waals surface area contributed by atoms with Crippen LogP contribution in [0.15, 0.2) is 35.1 Å². The van der Waals surface area contributed by atoms with E-state index >= 15 is 0 Å².